The van der Waals surface area contributed by atoms with E-state index in [1.165, 1.54) is 11.1 Å². The van der Waals surface area contributed by atoms with Crippen LogP contribution in [0, 0.1) is 0 Å². The third-order valence-corrected chi connectivity index (χ3v) is 7.34. The molecule has 184 valence electrons. The third-order valence-electron chi connectivity index (χ3n) is 6.66. The van der Waals surface area contributed by atoms with Gasteiger partial charge in [-0.3, -0.25) is 15.1 Å². The summed E-state index contributed by atoms with van der Waals surface area (Å²) in [5, 5.41) is 17.6. The lowest BCUT2D eigenvalue weighted by atomic mass is 10.1. The van der Waals surface area contributed by atoms with Crippen LogP contribution in [0.25, 0.3) is 55.7 Å². The van der Waals surface area contributed by atoms with Gasteiger partial charge in [-0.1, -0.05) is 30.3 Å². The molecule has 0 saturated carbocycles. The largest absolute Gasteiger partial charge is 0.338 e. The second-order valence-corrected chi connectivity index (χ2v) is 9.95. The topological polar surface area (TPSA) is 95.2 Å². The molecule has 7 nitrogen and oxygen atoms in total. The van der Waals surface area contributed by atoms with Crippen LogP contribution < -0.4 is 5.32 Å². The highest BCUT2D eigenvalue weighted by Crippen LogP contribution is 2.34. The maximum Gasteiger partial charge on any atom is 0.138 e. The summed E-state index contributed by atoms with van der Waals surface area (Å²) in [6.07, 6.45) is 7.43. The maximum atomic E-state index is 4.69. The molecule has 0 fully saturated rings. The first-order chi connectivity index (χ1) is 18.8. The van der Waals surface area contributed by atoms with E-state index in [0.717, 1.165) is 68.8 Å². The van der Waals surface area contributed by atoms with Crippen LogP contribution >= 0.6 is 11.3 Å². The third kappa shape index (κ3) is 4.26. The molecule has 0 bridgehead atoms. The van der Waals surface area contributed by atoms with E-state index in [1.807, 2.05) is 30.9 Å². The van der Waals surface area contributed by atoms with Crippen molar-refractivity contribution in [3.8, 4) is 33.8 Å². The quantitative estimate of drug-likeness (QED) is 0.224. The monoisotopic (exact) mass is 513 g/mol. The minimum absolute atomic E-state index is 0.726. The van der Waals surface area contributed by atoms with E-state index in [1.54, 1.807) is 11.3 Å². The predicted molar refractivity (Wildman–Crippen MR) is 153 cm³/mol. The molecule has 6 heterocycles. The Kier molecular flexibility index (Phi) is 5.73. The fourth-order valence-corrected chi connectivity index (χ4v) is 5.43. The van der Waals surface area contributed by atoms with Gasteiger partial charge in [0.2, 0.25) is 0 Å². The summed E-state index contributed by atoms with van der Waals surface area (Å²) in [6.45, 7) is 1.53. The lowest BCUT2D eigenvalue weighted by molar-refractivity contribution is 0.691. The van der Waals surface area contributed by atoms with Gasteiger partial charge in [-0.2, -0.15) is 16.4 Å². The number of aromatic amines is 2. The molecule has 0 spiro atoms. The number of rotatable bonds is 7. The number of H-pyrrole nitrogens is 2. The predicted octanol–water partition coefficient (Wildman–Crippen LogP) is 6.58. The second kappa shape index (κ2) is 9.66. The van der Waals surface area contributed by atoms with Crippen LogP contribution in [0.4, 0.5) is 0 Å². The zero-order valence-corrected chi connectivity index (χ0v) is 21.2. The lowest BCUT2D eigenvalue weighted by Gasteiger charge is -2.07. The summed E-state index contributed by atoms with van der Waals surface area (Å²) in [5.41, 5.74) is 10.0. The molecule has 0 aliphatic heterocycles. The van der Waals surface area contributed by atoms with Crippen molar-refractivity contribution in [2.24, 2.45) is 0 Å². The van der Waals surface area contributed by atoms with E-state index in [4.69, 9.17) is 4.98 Å². The molecule has 6 aromatic heterocycles. The molecule has 0 atom stereocenters. The van der Waals surface area contributed by atoms with E-state index in [-0.39, 0.29) is 0 Å². The van der Waals surface area contributed by atoms with E-state index < -0.39 is 0 Å². The number of fused-ring (bicyclic) bond motifs is 2. The molecule has 0 amide bonds. The second-order valence-electron chi connectivity index (χ2n) is 9.17. The first-order valence-corrected chi connectivity index (χ1v) is 13.3. The summed E-state index contributed by atoms with van der Waals surface area (Å²) >= 11 is 1.69. The highest BCUT2D eigenvalue weighted by atomic mass is 32.1. The average Bonchev–Trinajstić information content (AvgIpc) is 3.73. The number of hydrogen-bond acceptors (Lipinski definition) is 6. The van der Waals surface area contributed by atoms with Gasteiger partial charge in [-0.25, -0.2) is 4.98 Å². The van der Waals surface area contributed by atoms with Gasteiger partial charge in [0.05, 0.1) is 23.1 Å². The minimum Gasteiger partial charge on any atom is -0.338 e. The molecule has 3 N–H and O–H groups in total. The molecule has 0 aliphatic rings. The number of aromatic nitrogens is 6. The van der Waals surface area contributed by atoms with Crippen LogP contribution in [0.1, 0.15) is 11.1 Å². The van der Waals surface area contributed by atoms with Crippen molar-refractivity contribution in [1.82, 2.24) is 35.5 Å². The van der Waals surface area contributed by atoms with Crippen LogP contribution in [0.2, 0.25) is 0 Å². The normalized spacial score (nSPS) is 11.5. The fourth-order valence-electron chi connectivity index (χ4n) is 4.78. The number of pyridine rings is 3. The fraction of sp³-hybridized carbons (Fsp3) is 0.0667. The first kappa shape index (κ1) is 22.5. The van der Waals surface area contributed by atoms with Gasteiger partial charge in [0, 0.05) is 48.0 Å². The molecular weight excluding hydrogens is 490 g/mol. The van der Waals surface area contributed by atoms with Crippen molar-refractivity contribution in [1.29, 1.82) is 0 Å². The Balaban J connectivity index is 1.20. The van der Waals surface area contributed by atoms with Crippen molar-refractivity contribution < 1.29 is 0 Å². The Labute approximate surface area is 222 Å². The maximum absolute atomic E-state index is 4.69. The summed E-state index contributed by atoms with van der Waals surface area (Å²) < 4.78 is 0. The van der Waals surface area contributed by atoms with Gasteiger partial charge in [0.25, 0.3) is 0 Å². The standard InChI is InChI=1S/C30H23N7S/c1-2-4-19(5-3-1)13-31-14-20-10-22(16-32-15-20)26-12-25-28(17-34-26)36-37-29(25)27-11-24-23(21-7-9-38-18-21)6-8-33-30(24)35-27/h1-12,15-18,31H,13-14H2,(H,33,35)(H,36,37). The number of nitrogens with one attached hydrogen (secondary N) is 3. The summed E-state index contributed by atoms with van der Waals surface area (Å²) in [7, 11) is 0. The van der Waals surface area contributed by atoms with Gasteiger partial charge in [-0.05, 0) is 63.3 Å². The van der Waals surface area contributed by atoms with Crippen molar-refractivity contribution in [3.05, 3.63) is 107 Å². The summed E-state index contributed by atoms with van der Waals surface area (Å²) in [4.78, 5) is 17.2. The Hall–Kier alpha value is -4.66. The highest BCUT2D eigenvalue weighted by molar-refractivity contribution is 7.08. The van der Waals surface area contributed by atoms with E-state index in [0.29, 0.717) is 0 Å². The minimum atomic E-state index is 0.726. The van der Waals surface area contributed by atoms with Gasteiger partial charge in [-0.15, -0.1) is 0 Å². The van der Waals surface area contributed by atoms with Crippen molar-refractivity contribution in [3.63, 3.8) is 0 Å². The van der Waals surface area contributed by atoms with Gasteiger partial charge in [0.15, 0.2) is 0 Å². The summed E-state index contributed by atoms with van der Waals surface area (Å²) in [6, 6.07) is 20.9. The Morgan fingerprint density at radius 1 is 0.816 bits per heavy atom. The van der Waals surface area contributed by atoms with Crippen LogP contribution in [0.3, 0.4) is 0 Å². The smallest absolute Gasteiger partial charge is 0.138 e. The number of benzene rings is 1. The van der Waals surface area contributed by atoms with Gasteiger partial charge >= 0.3 is 0 Å². The number of hydrogen-bond donors (Lipinski definition) is 3. The molecule has 7 aromatic rings. The Bertz CT molecular complexity index is 1850. The van der Waals surface area contributed by atoms with Crippen molar-refractivity contribution >= 4 is 33.3 Å². The van der Waals surface area contributed by atoms with Crippen LogP contribution in [-0.4, -0.2) is 30.1 Å². The number of nitrogens with zero attached hydrogens (tertiary/aromatic N) is 4. The molecule has 0 saturated heterocycles. The molecule has 0 aliphatic carbocycles. The van der Waals surface area contributed by atoms with Gasteiger partial charge < -0.3 is 10.3 Å². The van der Waals surface area contributed by atoms with Crippen LogP contribution in [0.15, 0.2) is 96.2 Å². The molecule has 0 unspecified atom stereocenters. The molecule has 1 aromatic carbocycles. The Morgan fingerprint density at radius 3 is 2.63 bits per heavy atom. The molecule has 38 heavy (non-hydrogen) atoms. The molecule has 0 radical (unpaired) electrons. The zero-order valence-electron chi connectivity index (χ0n) is 20.3. The van der Waals surface area contributed by atoms with Crippen molar-refractivity contribution in [2.45, 2.75) is 13.1 Å². The zero-order chi connectivity index (χ0) is 25.3. The Morgan fingerprint density at radius 2 is 1.74 bits per heavy atom. The number of thiophene rings is 1. The highest BCUT2D eigenvalue weighted by Gasteiger charge is 2.15. The van der Waals surface area contributed by atoms with Crippen LogP contribution in [0.5, 0.6) is 0 Å². The van der Waals surface area contributed by atoms with E-state index in [9.17, 15) is 0 Å². The summed E-state index contributed by atoms with van der Waals surface area (Å²) in [5.74, 6) is 0. The molecule has 8 heteroatoms. The molecule has 7 rings (SSSR count). The van der Waals surface area contributed by atoms with E-state index >= 15 is 0 Å². The molecular formula is C30H23N7S. The van der Waals surface area contributed by atoms with Crippen LogP contribution in [-0.2, 0) is 13.1 Å². The SMILES string of the molecule is c1ccc(CNCc2cncc(-c3cc4c(-c5cc6c(-c7ccsc7)ccnc6[nH]5)n[nH]c4cn3)c2)cc1. The lowest BCUT2D eigenvalue weighted by Crippen LogP contribution is -2.12. The average molecular weight is 514 g/mol. The van der Waals surface area contributed by atoms with E-state index in [2.05, 4.69) is 95.8 Å². The van der Waals surface area contributed by atoms with Crippen molar-refractivity contribution in [2.75, 3.05) is 0 Å². The van der Waals surface area contributed by atoms with Gasteiger partial charge in [0.1, 0.15) is 11.3 Å². The first-order valence-electron chi connectivity index (χ1n) is 12.4.